The van der Waals surface area contributed by atoms with Gasteiger partial charge in [-0.25, -0.2) is 4.98 Å². The number of nitrogens with zero attached hydrogens (tertiary/aromatic N) is 3. The molecule has 4 heteroatoms. The molecule has 3 heterocycles. The van der Waals surface area contributed by atoms with Crippen LogP contribution in [0.4, 0.5) is 5.69 Å². The van der Waals surface area contributed by atoms with Gasteiger partial charge in [0, 0.05) is 23.4 Å². The molecule has 1 unspecified atom stereocenters. The highest BCUT2D eigenvalue weighted by molar-refractivity contribution is 6.08. The van der Waals surface area contributed by atoms with Crippen LogP contribution in [-0.2, 0) is 0 Å². The highest BCUT2D eigenvalue weighted by Crippen LogP contribution is 2.39. The summed E-state index contributed by atoms with van der Waals surface area (Å²) in [5.41, 5.74) is 5.21. The lowest BCUT2D eigenvalue weighted by Crippen LogP contribution is -2.47. The summed E-state index contributed by atoms with van der Waals surface area (Å²) in [6.45, 7) is 8.68. The summed E-state index contributed by atoms with van der Waals surface area (Å²) in [4.78, 5) is 7.06. The molecule has 1 aliphatic rings. The quantitative estimate of drug-likeness (QED) is 0.640. The average molecular weight is 310 g/mol. The number of hydrogen-bond acceptors (Lipinski definition) is 3. The van der Waals surface area contributed by atoms with Crippen molar-refractivity contribution < 1.29 is 8.90 Å². The Morgan fingerprint density at radius 2 is 1.87 bits per heavy atom. The van der Waals surface area contributed by atoms with E-state index >= 15 is 0 Å². The fourth-order valence-electron chi connectivity index (χ4n) is 3.67. The van der Waals surface area contributed by atoms with Gasteiger partial charge in [-0.3, -0.25) is 0 Å². The van der Waals surface area contributed by atoms with Crippen molar-refractivity contribution >= 4 is 27.8 Å². The first-order valence-electron chi connectivity index (χ1n) is 8.27. The van der Waals surface area contributed by atoms with E-state index in [0.29, 0.717) is 6.17 Å². The number of quaternary nitrogens is 1. The van der Waals surface area contributed by atoms with Crippen LogP contribution in [0.5, 0.6) is 0 Å². The molecule has 4 nitrogen and oxygen atoms in total. The van der Waals surface area contributed by atoms with Gasteiger partial charge < -0.3 is 13.8 Å². The van der Waals surface area contributed by atoms with E-state index in [0.717, 1.165) is 45.3 Å². The van der Waals surface area contributed by atoms with Gasteiger partial charge in [-0.05, 0) is 31.5 Å². The van der Waals surface area contributed by atoms with Crippen molar-refractivity contribution in [1.82, 2.24) is 4.98 Å². The molecule has 0 bridgehead atoms. The van der Waals surface area contributed by atoms with Crippen molar-refractivity contribution in [1.29, 1.82) is 0 Å². The Labute approximate surface area is 136 Å². The molecule has 120 valence electrons. The standard InChI is InChI=1S/C19H24N3O/c1-12-6-8-15-16-9-7-13(2)20-19(16)23-18(15)17(12)21-10-11-22(4,5)14(21)3/h6-9,14H,10-11H2,1-5H3/q+1. The smallest absolute Gasteiger partial charge is 0.227 e. The highest BCUT2D eigenvalue weighted by Gasteiger charge is 2.39. The van der Waals surface area contributed by atoms with Crippen LogP contribution in [-0.4, -0.2) is 42.8 Å². The number of aromatic nitrogens is 1. The number of likely N-dealkylation sites (N-methyl/N-ethyl adjacent to an activating group) is 1. The molecule has 0 N–H and O–H groups in total. The Bertz CT molecular complexity index is 910. The van der Waals surface area contributed by atoms with E-state index in [-0.39, 0.29) is 0 Å². The predicted molar refractivity (Wildman–Crippen MR) is 94.8 cm³/mol. The summed E-state index contributed by atoms with van der Waals surface area (Å²) < 4.78 is 7.22. The van der Waals surface area contributed by atoms with E-state index in [1.807, 2.05) is 6.92 Å². The number of furan rings is 1. The zero-order chi connectivity index (χ0) is 16.4. The molecule has 1 saturated heterocycles. The maximum atomic E-state index is 6.21. The molecule has 0 spiro atoms. The maximum Gasteiger partial charge on any atom is 0.227 e. The fourth-order valence-corrected chi connectivity index (χ4v) is 3.67. The molecule has 0 saturated carbocycles. The average Bonchev–Trinajstić information content (AvgIpc) is 2.97. The number of benzene rings is 1. The first-order chi connectivity index (χ1) is 10.9. The minimum atomic E-state index is 0.433. The molecule has 1 atom stereocenters. The number of aryl methyl sites for hydroxylation is 2. The number of hydrogen-bond donors (Lipinski definition) is 0. The molecule has 1 aromatic carbocycles. The van der Waals surface area contributed by atoms with E-state index in [9.17, 15) is 0 Å². The summed E-state index contributed by atoms with van der Waals surface area (Å²) in [6.07, 6.45) is 0.433. The molecule has 3 aromatic rings. The Kier molecular flexibility index (Phi) is 2.97. The molecule has 1 fully saturated rings. The van der Waals surface area contributed by atoms with Crippen LogP contribution < -0.4 is 4.90 Å². The molecule has 1 aliphatic heterocycles. The second-order valence-corrected chi connectivity index (χ2v) is 7.34. The van der Waals surface area contributed by atoms with Crippen molar-refractivity contribution in [3.63, 3.8) is 0 Å². The lowest BCUT2D eigenvalue weighted by atomic mass is 10.1. The summed E-state index contributed by atoms with van der Waals surface area (Å²) in [5, 5.41) is 2.27. The van der Waals surface area contributed by atoms with Gasteiger partial charge in [-0.2, -0.15) is 0 Å². The van der Waals surface area contributed by atoms with Crippen LogP contribution >= 0.6 is 0 Å². The van der Waals surface area contributed by atoms with Crippen molar-refractivity contribution in [2.45, 2.75) is 26.9 Å². The Morgan fingerprint density at radius 3 is 2.57 bits per heavy atom. The minimum absolute atomic E-state index is 0.433. The number of anilines is 1. The zero-order valence-corrected chi connectivity index (χ0v) is 14.6. The number of pyridine rings is 1. The van der Waals surface area contributed by atoms with Gasteiger partial charge in [0.15, 0.2) is 11.7 Å². The lowest BCUT2D eigenvalue weighted by molar-refractivity contribution is -0.899. The van der Waals surface area contributed by atoms with Crippen LogP contribution in [0.1, 0.15) is 18.2 Å². The first kappa shape index (κ1) is 14.5. The molecule has 0 aliphatic carbocycles. The SMILES string of the molecule is Cc1ccc2c(n1)oc1c(N3CC[N+](C)(C)C3C)c(C)ccc12. The van der Waals surface area contributed by atoms with Crippen LogP contribution in [0.2, 0.25) is 0 Å². The second kappa shape index (κ2) is 4.71. The normalized spacial score (nSPS) is 20.7. The Hall–Kier alpha value is -2.07. The highest BCUT2D eigenvalue weighted by atomic mass is 16.3. The molecule has 0 radical (unpaired) electrons. The molecular formula is C19H24N3O+. The van der Waals surface area contributed by atoms with E-state index in [4.69, 9.17) is 4.42 Å². The summed E-state index contributed by atoms with van der Waals surface area (Å²) in [7, 11) is 4.59. The van der Waals surface area contributed by atoms with E-state index < -0.39 is 0 Å². The summed E-state index contributed by atoms with van der Waals surface area (Å²) in [5.74, 6) is 0. The van der Waals surface area contributed by atoms with E-state index in [1.54, 1.807) is 0 Å². The molecule has 0 amide bonds. The zero-order valence-electron chi connectivity index (χ0n) is 14.6. The van der Waals surface area contributed by atoms with Crippen molar-refractivity contribution in [3.05, 3.63) is 35.5 Å². The molecular weight excluding hydrogens is 286 g/mol. The predicted octanol–water partition coefficient (Wildman–Crippen LogP) is 3.84. The van der Waals surface area contributed by atoms with Crippen molar-refractivity contribution in [3.8, 4) is 0 Å². The summed E-state index contributed by atoms with van der Waals surface area (Å²) >= 11 is 0. The lowest BCUT2D eigenvalue weighted by Gasteiger charge is -2.33. The van der Waals surface area contributed by atoms with Gasteiger partial charge in [-0.1, -0.05) is 12.1 Å². The van der Waals surface area contributed by atoms with Crippen LogP contribution in [0.3, 0.4) is 0 Å². The third kappa shape index (κ3) is 2.05. The third-order valence-corrected chi connectivity index (χ3v) is 5.49. The Balaban J connectivity index is 1.99. The van der Waals surface area contributed by atoms with Crippen LogP contribution in [0, 0.1) is 13.8 Å². The van der Waals surface area contributed by atoms with E-state index in [1.165, 1.54) is 11.3 Å². The largest absolute Gasteiger partial charge is 0.435 e. The van der Waals surface area contributed by atoms with Crippen molar-refractivity contribution in [2.24, 2.45) is 0 Å². The van der Waals surface area contributed by atoms with Crippen LogP contribution in [0.15, 0.2) is 28.7 Å². The molecule has 2 aromatic heterocycles. The summed E-state index contributed by atoms with van der Waals surface area (Å²) in [6, 6.07) is 8.54. The monoisotopic (exact) mass is 310 g/mol. The topological polar surface area (TPSA) is 29.3 Å². The van der Waals surface area contributed by atoms with Gasteiger partial charge in [0.1, 0.15) is 0 Å². The minimum Gasteiger partial charge on any atom is -0.435 e. The second-order valence-electron chi connectivity index (χ2n) is 7.34. The fraction of sp³-hybridized carbons (Fsp3) is 0.421. The first-order valence-corrected chi connectivity index (χ1v) is 8.27. The number of fused-ring (bicyclic) bond motifs is 3. The van der Waals surface area contributed by atoms with Crippen molar-refractivity contribution in [2.75, 3.05) is 32.1 Å². The molecule has 23 heavy (non-hydrogen) atoms. The molecule has 4 rings (SSSR count). The van der Waals surface area contributed by atoms with Gasteiger partial charge in [0.05, 0.1) is 32.9 Å². The van der Waals surface area contributed by atoms with Gasteiger partial charge in [-0.15, -0.1) is 0 Å². The van der Waals surface area contributed by atoms with Crippen LogP contribution in [0.25, 0.3) is 22.1 Å². The maximum absolute atomic E-state index is 6.21. The van der Waals surface area contributed by atoms with Gasteiger partial charge in [0.2, 0.25) is 5.71 Å². The van der Waals surface area contributed by atoms with Gasteiger partial charge >= 0.3 is 0 Å². The van der Waals surface area contributed by atoms with Gasteiger partial charge in [0.25, 0.3) is 0 Å². The number of rotatable bonds is 1. The third-order valence-electron chi connectivity index (χ3n) is 5.49. The Morgan fingerprint density at radius 1 is 1.13 bits per heavy atom. The van der Waals surface area contributed by atoms with E-state index in [2.05, 4.69) is 62.1 Å².